The number of nitrogens with one attached hydrogen (secondary N) is 2. The molecule has 0 atom stereocenters. The second-order valence-electron chi connectivity index (χ2n) is 8.25. The maximum absolute atomic E-state index is 13.0. The van der Waals surface area contributed by atoms with Gasteiger partial charge in [-0.1, -0.05) is 12.1 Å². The van der Waals surface area contributed by atoms with E-state index in [9.17, 15) is 24.5 Å². The number of hydrogen-bond donors (Lipinski definition) is 2. The molecule has 1 aliphatic heterocycles. The SMILES string of the molecule is COc1ccccc1C(=O)Nc1nccnc1C(=O)NC1CCN(C(=O)c2ccc([N+](=O)[O-])cc2)CC1. The van der Waals surface area contributed by atoms with Gasteiger partial charge in [-0.2, -0.15) is 0 Å². The molecule has 2 heterocycles. The molecule has 2 N–H and O–H groups in total. The summed E-state index contributed by atoms with van der Waals surface area (Å²) in [5.41, 5.74) is 0.533. The highest BCUT2D eigenvalue weighted by atomic mass is 16.6. The third kappa shape index (κ3) is 5.86. The summed E-state index contributed by atoms with van der Waals surface area (Å²) in [7, 11) is 1.46. The summed E-state index contributed by atoms with van der Waals surface area (Å²) in [6, 6.07) is 11.9. The normalized spacial score (nSPS) is 13.5. The number of benzene rings is 2. The Morgan fingerprint density at radius 2 is 1.68 bits per heavy atom. The standard InChI is InChI=1S/C25H24N6O6/c1-37-20-5-3-2-4-19(20)23(32)29-22-21(26-12-13-27-22)24(33)28-17-10-14-30(15-11-17)25(34)16-6-8-18(9-7-16)31(35)36/h2-9,12-13,17H,10-11,14-15H2,1H3,(H,28,33)(H,27,29,32). The van der Waals surface area contributed by atoms with Crippen LogP contribution in [0.25, 0.3) is 0 Å². The fourth-order valence-corrected chi connectivity index (χ4v) is 3.99. The number of ether oxygens (including phenoxy) is 1. The van der Waals surface area contributed by atoms with Gasteiger partial charge in [-0.3, -0.25) is 24.5 Å². The summed E-state index contributed by atoms with van der Waals surface area (Å²) in [4.78, 5) is 58.6. The van der Waals surface area contributed by atoms with E-state index in [1.54, 1.807) is 29.2 Å². The summed E-state index contributed by atoms with van der Waals surface area (Å²) < 4.78 is 5.22. The number of methoxy groups -OCH3 is 1. The van der Waals surface area contributed by atoms with E-state index in [4.69, 9.17) is 4.74 Å². The lowest BCUT2D eigenvalue weighted by Crippen LogP contribution is -2.46. The Balaban J connectivity index is 1.36. The van der Waals surface area contributed by atoms with Gasteiger partial charge in [-0.05, 0) is 37.1 Å². The molecule has 1 saturated heterocycles. The van der Waals surface area contributed by atoms with Crippen LogP contribution >= 0.6 is 0 Å². The molecule has 3 amide bonds. The zero-order valence-corrected chi connectivity index (χ0v) is 19.9. The van der Waals surface area contributed by atoms with Crippen LogP contribution in [-0.4, -0.2) is 63.8 Å². The van der Waals surface area contributed by atoms with Crippen molar-refractivity contribution in [3.8, 4) is 5.75 Å². The van der Waals surface area contributed by atoms with Crippen LogP contribution < -0.4 is 15.4 Å². The van der Waals surface area contributed by atoms with Gasteiger partial charge in [0.1, 0.15) is 5.75 Å². The van der Waals surface area contributed by atoms with Gasteiger partial charge in [0, 0.05) is 49.2 Å². The summed E-state index contributed by atoms with van der Waals surface area (Å²) in [6.07, 6.45) is 3.75. The number of nitro groups is 1. The number of hydrogen-bond acceptors (Lipinski definition) is 8. The van der Waals surface area contributed by atoms with Crippen LogP contribution in [0, 0.1) is 10.1 Å². The van der Waals surface area contributed by atoms with E-state index < -0.39 is 16.7 Å². The third-order valence-electron chi connectivity index (χ3n) is 5.94. The lowest BCUT2D eigenvalue weighted by atomic mass is 10.0. The Bertz CT molecular complexity index is 1320. The minimum atomic E-state index is -0.519. The third-order valence-corrected chi connectivity index (χ3v) is 5.94. The van der Waals surface area contributed by atoms with Crippen LogP contribution in [0.4, 0.5) is 11.5 Å². The van der Waals surface area contributed by atoms with Crippen LogP contribution in [0.2, 0.25) is 0 Å². The Kier molecular flexibility index (Phi) is 7.67. The maximum atomic E-state index is 13.0. The topological polar surface area (TPSA) is 157 Å². The zero-order valence-electron chi connectivity index (χ0n) is 19.9. The molecule has 12 heteroatoms. The largest absolute Gasteiger partial charge is 0.496 e. The van der Waals surface area contributed by atoms with Gasteiger partial charge in [0.05, 0.1) is 17.6 Å². The monoisotopic (exact) mass is 504 g/mol. The van der Waals surface area contributed by atoms with Crippen molar-refractivity contribution in [2.24, 2.45) is 0 Å². The molecule has 12 nitrogen and oxygen atoms in total. The van der Waals surface area contributed by atoms with Crippen LogP contribution in [0.3, 0.4) is 0 Å². The van der Waals surface area contributed by atoms with Crippen molar-refractivity contribution >= 4 is 29.2 Å². The quantitative estimate of drug-likeness (QED) is 0.367. The fourth-order valence-electron chi connectivity index (χ4n) is 3.99. The molecule has 190 valence electrons. The number of piperidine rings is 1. The summed E-state index contributed by atoms with van der Waals surface area (Å²) in [6.45, 7) is 0.803. The smallest absolute Gasteiger partial charge is 0.273 e. The second kappa shape index (κ2) is 11.2. The van der Waals surface area contributed by atoms with E-state index in [2.05, 4.69) is 20.6 Å². The van der Waals surface area contributed by atoms with Crippen molar-refractivity contribution in [2.45, 2.75) is 18.9 Å². The van der Waals surface area contributed by atoms with E-state index >= 15 is 0 Å². The Hall–Kier alpha value is -4.87. The molecule has 1 aromatic heterocycles. The molecule has 0 bridgehead atoms. The number of rotatable bonds is 7. The number of aromatic nitrogens is 2. The number of non-ortho nitro benzene ring substituents is 1. The number of likely N-dealkylation sites (tertiary alicyclic amines) is 1. The highest BCUT2D eigenvalue weighted by Gasteiger charge is 2.27. The predicted molar refractivity (Wildman–Crippen MR) is 132 cm³/mol. The van der Waals surface area contributed by atoms with Crippen LogP contribution in [0.15, 0.2) is 60.9 Å². The Labute approximate surface area is 211 Å². The van der Waals surface area contributed by atoms with Crippen LogP contribution in [0.1, 0.15) is 44.0 Å². The first-order valence-electron chi connectivity index (χ1n) is 11.5. The fraction of sp³-hybridized carbons (Fsp3) is 0.240. The van der Waals surface area contributed by atoms with Gasteiger partial charge in [0.25, 0.3) is 23.4 Å². The molecule has 0 aliphatic carbocycles. The molecule has 2 aromatic carbocycles. The van der Waals surface area contributed by atoms with Crippen LogP contribution in [-0.2, 0) is 0 Å². The number of carbonyl (C=O) groups excluding carboxylic acids is 3. The molecule has 3 aromatic rings. The van der Waals surface area contributed by atoms with E-state index in [1.807, 2.05) is 0 Å². The average molecular weight is 505 g/mol. The number of anilines is 1. The second-order valence-corrected chi connectivity index (χ2v) is 8.25. The molecule has 37 heavy (non-hydrogen) atoms. The lowest BCUT2D eigenvalue weighted by molar-refractivity contribution is -0.384. The molecule has 0 unspecified atom stereocenters. The molecular weight excluding hydrogens is 480 g/mol. The molecule has 1 aliphatic rings. The zero-order chi connectivity index (χ0) is 26.4. The van der Waals surface area contributed by atoms with Gasteiger partial charge in [-0.25, -0.2) is 9.97 Å². The van der Waals surface area contributed by atoms with Crippen molar-refractivity contribution < 1.29 is 24.0 Å². The van der Waals surface area contributed by atoms with Crippen molar-refractivity contribution in [2.75, 3.05) is 25.5 Å². The Morgan fingerprint density at radius 3 is 2.35 bits per heavy atom. The van der Waals surface area contributed by atoms with E-state index in [0.717, 1.165) is 0 Å². The highest BCUT2D eigenvalue weighted by molar-refractivity contribution is 6.08. The highest BCUT2D eigenvalue weighted by Crippen LogP contribution is 2.20. The van der Waals surface area contributed by atoms with Crippen molar-refractivity contribution in [1.29, 1.82) is 0 Å². The van der Waals surface area contributed by atoms with Gasteiger partial charge >= 0.3 is 0 Å². The molecule has 0 spiro atoms. The number of para-hydroxylation sites is 1. The Morgan fingerprint density at radius 1 is 1.00 bits per heavy atom. The van der Waals surface area contributed by atoms with E-state index in [0.29, 0.717) is 37.2 Å². The summed E-state index contributed by atoms with van der Waals surface area (Å²) in [5, 5.41) is 16.3. The minimum Gasteiger partial charge on any atom is -0.496 e. The van der Waals surface area contributed by atoms with Crippen molar-refractivity contribution in [3.63, 3.8) is 0 Å². The molecular formula is C25H24N6O6. The first kappa shape index (κ1) is 25.2. The van der Waals surface area contributed by atoms with Gasteiger partial charge in [0.15, 0.2) is 11.5 Å². The van der Waals surface area contributed by atoms with Gasteiger partial charge in [0.2, 0.25) is 0 Å². The summed E-state index contributed by atoms with van der Waals surface area (Å²) >= 11 is 0. The molecule has 1 fully saturated rings. The van der Waals surface area contributed by atoms with Gasteiger partial charge < -0.3 is 20.3 Å². The molecule has 0 radical (unpaired) electrons. The number of nitrogens with zero attached hydrogens (tertiary/aromatic N) is 4. The predicted octanol–water partition coefficient (Wildman–Crippen LogP) is 2.68. The van der Waals surface area contributed by atoms with Crippen LogP contribution in [0.5, 0.6) is 5.75 Å². The lowest BCUT2D eigenvalue weighted by Gasteiger charge is -2.32. The number of carbonyl (C=O) groups is 3. The molecule has 0 saturated carbocycles. The first-order valence-corrected chi connectivity index (χ1v) is 11.5. The summed E-state index contributed by atoms with van der Waals surface area (Å²) in [5.74, 6) is -0.824. The van der Waals surface area contributed by atoms with Gasteiger partial charge in [-0.15, -0.1) is 0 Å². The number of nitro benzene ring substituents is 1. The van der Waals surface area contributed by atoms with Crippen molar-refractivity contribution in [1.82, 2.24) is 20.2 Å². The van der Waals surface area contributed by atoms with E-state index in [1.165, 1.54) is 43.8 Å². The maximum Gasteiger partial charge on any atom is 0.273 e. The van der Waals surface area contributed by atoms with E-state index in [-0.39, 0.29) is 34.7 Å². The van der Waals surface area contributed by atoms with Crippen molar-refractivity contribution in [3.05, 3.63) is 87.9 Å². The first-order chi connectivity index (χ1) is 17.9. The average Bonchev–Trinajstić information content (AvgIpc) is 2.93. The minimum absolute atomic E-state index is 0.0155. The number of amides is 3. The molecule has 4 rings (SSSR count).